The molecule has 2 N–H and O–H groups in total. The first-order chi connectivity index (χ1) is 8.86. The smallest absolute Gasteiger partial charge is 0.399 e. The number of anilines is 1. The van der Waals surface area contributed by atoms with Gasteiger partial charge in [0.25, 0.3) is 0 Å². The quantitative estimate of drug-likeness (QED) is 0.646. The van der Waals surface area contributed by atoms with Gasteiger partial charge in [0, 0.05) is 15.5 Å². The molecule has 0 aromatic heterocycles. The molecule has 0 heterocycles. The molecule has 0 radical (unpaired) electrons. The average molecular weight is 287 g/mol. The summed E-state index contributed by atoms with van der Waals surface area (Å²) in [5.74, 6) is -0.433. The Balaban J connectivity index is 2.37. The molecule has 0 saturated heterocycles. The monoisotopic (exact) mass is 287 g/mol. The Labute approximate surface area is 111 Å². The molecule has 100 valence electrons. The van der Waals surface area contributed by atoms with Gasteiger partial charge in [-0.25, -0.2) is 4.39 Å². The summed E-state index contributed by atoms with van der Waals surface area (Å²) in [6.07, 6.45) is -4.47. The molecule has 0 aliphatic carbocycles. The summed E-state index contributed by atoms with van der Waals surface area (Å²) in [6, 6.07) is 8.87. The average Bonchev–Trinajstić information content (AvgIpc) is 2.33. The normalized spacial score (nSPS) is 11.6. The zero-order valence-corrected chi connectivity index (χ0v) is 10.4. The van der Waals surface area contributed by atoms with Crippen LogP contribution in [0.3, 0.4) is 0 Å². The van der Waals surface area contributed by atoms with Crippen molar-refractivity contribution in [3.05, 3.63) is 53.8 Å². The highest BCUT2D eigenvalue weighted by atomic mass is 32.2. The van der Waals surface area contributed by atoms with Gasteiger partial charge in [0.1, 0.15) is 5.82 Å². The lowest BCUT2D eigenvalue weighted by atomic mass is 10.2. The number of hydrogen-bond donors (Lipinski definition) is 1. The third-order valence-corrected chi connectivity index (χ3v) is 3.43. The van der Waals surface area contributed by atoms with Crippen LogP contribution in [0.15, 0.2) is 52.3 Å². The molecule has 0 saturated carbocycles. The predicted octanol–water partition coefficient (Wildman–Crippen LogP) is 4.58. The first-order valence-corrected chi connectivity index (χ1v) is 6.08. The first kappa shape index (κ1) is 13.7. The lowest BCUT2D eigenvalue weighted by molar-refractivity contribution is -0.139. The van der Waals surface area contributed by atoms with Gasteiger partial charge in [0.2, 0.25) is 0 Å². The Morgan fingerprint density at radius 1 is 0.947 bits per heavy atom. The van der Waals surface area contributed by atoms with Crippen LogP contribution < -0.4 is 5.73 Å². The van der Waals surface area contributed by atoms with Gasteiger partial charge in [-0.1, -0.05) is 11.8 Å². The zero-order valence-electron chi connectivity index (χ0n) is 9.54. The number of nitrogen functional groups attached to an aromatic ring is 1. The van der Waals surface area contributed by atoms with Crippen LogP contribution in [-0.2, 0) is 6.18 Å². The van der Waals surface area contributed by atoms with Crippen molar-refractivity contribution in [3.63, 3.8) is 0 Å². The third-order valence-electron chi connectivity index (χ3n) is 2.35. The van der Waals surface area contributed by atoms with Gasteiger partial charge in [0.15, 0.2) is 0 Å². The predicted molar refractivity (Wildman–Crippen MR) is 66.4 cm³/mol. The van der Waals surface area contributed by atoms with Crippen LogP contribution in [0, 0.1) is 5.82 Å². The molecular weight excluding hydrogens is 278 g/mol. The summed E-state index contributed by atoms with van der Waals surface area (Å²) in [7, 11) is 0. The maximum absolute atomic E-state index is 12.9. The van der Waals surface area contributed by atoms with E-state index in [0.717, 1.165) is 17.8 Å². The van der Waals surface area contributed by atoms with Crippen molar-refractivity contribution in [2.45, 2.75) is 16.0 Å². The highest BCUT2D eigenvalue weighted by molar-refractivity contribution is 7.99. The first-order valence-electron chi connectivity index (χ1n) is 5.26. The van der Waals surface area contributed by atoms with Crippen LogP contribution in [-0.4, -0.2) is 0 Å². The van der Waals surface area contributed by atoms with Crippen LogP contribution in [0.5, 0.6) is 0 Å². The van der Waals surface area contributed by atoms with E-state index in [4.69, 9.17) is 5.73 Å². The Hall–Kier alpha value is -1.69. The van der Waals surface area contributed by atoms with Crippen molar-refractivity contribution in [1.82, 2.24) is 0 Å². The summed E-state index contributed by atoms with van der Waals surface area (Å²) >= 11 is 0.916. The Morgan fingerprint density at radius 2 is 1.58 bits per heavy atom. The van der Waals surface area contributed by atoms with Crippen molar-refractivity contribution in [3.8, 4) is 0 Å². The third kappa shape index (κ3) is 3.41. The van der Waals surface area contributed by atoms with E-state index in [0.29, 0.717) is 4.90 Å². The van der Waals surface area contributed by atoms with Gasteiger partial charge in [-0.2, -0.15) is 13.2 Å². The minimum absolute atomic E-state index is 0.0355. The highest BCUT2D eigenvalue weighted by Gasteiger charge is 2.33. The Bertz CT molecular complexity index is 578. The van der Waals surface area contributed by atoms with Gasteiger partial charge < -0.3 is 5.73 Å². The lowest BCUT2D eigenvalue weighted by Gasteiger charge is -2.13. The summed E-state index contributed by atoms with van der Waals surface area (Å²) in [4.78, 5) is 0.560. The van der Waals surface area contributed by atoms with E-state index >= 15 is 0 Å². The minimum atomic E-state index is -4.47. The number of hydrogen-bond acceptors (Lipinski definition) is 2. The van der Waals surface area contributed by atoms with Gasteiger partial charge in [-0.15, -0.1) is 0 Å². The second-order valence-electron chi connectivity index (χ2n) is 3.81. The summed E-state index contributed by atoms with van der Waals surface area (Å²) < 4.78 is 51.3. The molecule has 0 spiro atoms. The van der Waals surface area contributed by atoms with Crippen LogP contribution in [0.2, 0.25) is 0 Å². The van der Waals surface area contributed by atoms with Gasteiger partial charge >= 0.3 is 6.18 Å². The molecule has 0 aliphatic rings. The van der Waals surface area contributed by atoms with Crippen molar-refractivity contribution in [2.24, 2.45) is 0 Å². The van der Waals surface area contributed by atoms with E-state index in [2.05, 4.69) is 0 Å². The number of benzene rings is 2. The molecule has 2 aromatic carbocycles. The summed E-state index contributed by atoms with van der Waals surface area (Å²) in [5, 5.41) is 0. The number of halogens is 4. The van der Waals surface area contributed by atoms with E-state index in [9.17, 15) is 17.6 Å². The van der Waals surface area contributed by atoms with E-state index < -0.39 is 17.6 Å². The minimum Gasteiger partial charge on any atom is -0.399 e. The van der Waals surface area contributed by atoms with E-state index in [1.54, 1.807) is 0 Å². The van der Waals surface area contributed by atoms with Crippen molar-refractivity contribution in [2.75, 3.05) is 5.73 Å². The van der Waals surface area contributed by atoms with E-state index in [-0.39, 0.29) is 10.6 Å². The summed E-state index contributed by atoms with van der Waals surface area (Å²) in [5.41, 5.74) is 4.64. The molecule has 0 bridgehead atoms. The molecule has 0 fully saturated rings. The number of rotatable bonds is 2. The topological polar surface area (TPSA) is 26.0 Å². The molecule has 0 amide bonds. The second-order valence-corrected chi connectivity index (χ2v) is 4.92. The highest BCUT2D eigenvalue weighted by Crippen LogP contribution is 2.40. The Morgan fingerprint density at radius 3 is 2.16 bits per heavy atom. The molecule has 2 aromatic rings. The van der Waals surface area contributed by atoms with Gasteiger partial charge in [-0.3, -0.25) is 0 Å². The largest absolute Gasteiger partial charge is 0.417 e. The van der Waals surface area contributed by atoms with Crippen LogP contribution >= 0.6 is 11.8 Å². The molecule has 0 aliphatic heterocycles. The fraction of sp³-hybridized carbons (Fsp3) is 0.0769. The van der Waals surface area contributed by atoms with Crippen molar-refractivity contribution >= 4 is 17.4 Å². The molecule has 2 rings (SSSR count). The van der Waals surface area contributed by atoms with Gasteiger partial charge in [0.05, 0.1) is 5.56 Å². The number of alkyl halides is 3. The van der Waals surface area contributed by atoms with Crippen molar-refractivity contribution < 1.29 is 17.6 Å². The van der Waals surface area contributed by atoms with Gasteiger partial charge in [-0.05, 0) is 42.5 Å². The Kier molecular flexibility index (Phi) is 3.71. The summed E-state index contributed by atoms with van der Waals surface area (Å²) in [6.45, 7) is 0. The maximum Gasteiger partial charge on any atom is 0.417 e. The second kappa shape index (κ2) is 5.13. The zero-order chi connectivity index (χ0) is 14.0. The van der Waals surface area contributed by atoms with Crippen molar-refractivity contribution in [1.29, 1.82) is 0 Å². The van der Waals surface area contributed by atoms with Crippen LogP contribution in [0.4, 0.5) is 23.2 Å². The van der Waals surface area contributed by atoms with Crippen LogP contribution in [0.1, 0.15) is 5.56 Å². The maximum atomic E-state index is 12.9. The van der Waals surface area contributed by atoms with Crippen LogP contribution in [0.25, 0.3) is 0 Å². The molecule has 19 heavy (non-hydrogen) atoms. The SMILES string of the molecule is Nc1ccc(Sc2ccc(F)cc2)c(C(F)(F)F)c1. The fourth-order valence-corrected chi connectivity index (χ4v) is 2.43. The number of nitrogens with two attached hydrogens (primary N) is 1. The fourth-order valence-electron chi connectivity index (χ4n) is 1.49. The molecule has 0 atom stereocenters. The lowest BCUT2D eigenvalue weighted by Crippen LogP contribution is -2.07. The molecule has 6 heteroatoms. The molecular formula is C13H9F4NS. The van der Waals surface area contributed by atoms with E-state index in [1.165, 1.54) is 36.4 Å². The standard InChI is InChI=1S/C13H9F4NS/c14-8-1-4-10(5-2-8)19-12-6-3-9(18)7-11(12)13(15,16)17/h1-7H,18H2. The molecule has 0 unspecified atom stereocenters. The van der Waals surface area contributed by atoms with E-state index in [1.807, 2.05) is 0 Å². The molecule has 1 nitrogen and oxygen atoms in total.